The summed E-state index contributed by atoms with van der Waals surface area (Å²) in [6, 6.07) is 2.94. The van der Waals surface area contributed by atoms with Crippen molar-refractivity contribution in [2.45, 2.75) is 32.0 Å². The summed E-state index contributed by atoms with van der Waals surface area (Å²) in [6.07, 6.45) is 1.96. The number of methoxy groups -OCH3 is 1. The zero-order valence-corrected chi connectivity index (χ0v) is 17.7. The van der Waals surface area contributed by atoms with Gasteiger partial charge in [0.15, 0.2) is 11.4 Å². The molecule has 2 aromatic rings. The lowest BCUT2D eigenvalue weighted by molar-refractivity contribution is 0.0491. The van der Waals surface area contributed by atoms with Crippen molar-refractivity contribution in [3.63, 3.8) is 0 Å². The number of hydrogen-bond acceptors (Lipinski definition) is 5. The maximum absolute atomic E-state index is 13.8. The molecule has 8 nitrogen and oxygen atoms in total. The molecule has 1 aliphatic carbocycles. The van der Waals surface area contributed by atoms with Gasteiger partial charge in [0.1, 0.15) is 17.2 Å². The molecule has 0 saturated heterocycles. The van der Waals surface area contributed by atoms with Crippen molar-refractivity contribution in [1.82, 2.24) is 14.8 Å². The number of ether oxygens (including phenoxy) is 1. The quantitative estimate of drug-likeness (QED) is 0.701. The number of halogens is 2. The number of rotatable bonds is 6. The average molecular weight is 447 g/mol. The van der Waals surface area contributed by atoms with E-state index in [4.69, 9.17) is 4.74 Å². The first-order valence-corrected chi connectivity index (χ1v) is 10.2. The minimum absolute atomic E-state index is 0.0372. The number of aromatic hydroxyl groups is 1. The van der Waals surface area contributed by atoms with Crippen LogP contribution in [-0.4, -0.2) is 52.2 Å². The molecule has 10 heteroatoms. The maximum atomic E-state index is 13.8. The number of pyridine rings is 1. The van der Waals surface area contributed by atoms with Crippen molar-refractivity contribution >= 4 is 11.8 Å². The van der Waals surface area contributed by atoms with E-state index in [-0.39, 0.29) is 29.3 Å². The summed E-state index contributed by atoms with van der Waals surface area (Å²) < 4.78 is 33.6. The number of carbonyl (C=O) groups excluding carboxylic acids is 2. The number of nitrogens with one attached hydrogen (secondary N) is 1. The van der Waals surface area contributed by atoms with Gasteiger partial charge in [-0.1, -0.05) is 6.07 Å². The summed E-state index contributed by atoms with van der Waals surface area (Å²) in [6.45, 7) is 2.70. The van der Waals surface area contributed by atoms with E-state index in [0.717, 1.165) is 6.07 Å². The van der Waals surface area contributed by atoms with Gasteiger partial charge in [-0.15, -0.1) is 0 Å². The van der Waals surface area contributed by atoms with Gasteiger partial charge < -0.3 is 24.6 Å². The molecule has 0 bridgehead atoms. The van der Waals surface area contributed by atoms with Crippen molar-refractivity contribution < 1.29 is 28.2 Å². The van der Waals surface area contributed by atoms with Gasteiger partial charge in [0, 0.05) is 50.5 Å². The third-order valence-electron chi connectivity index (χ3n) is 6.27. The molecule has 2 atom stereocenters. The van der Waals surface area contributed by atoms with Crippen LogP contribution in [0.1, 0.15) is 39.8 Å². The summed E-state index contributed by atoms with van der Waals surface area (Å²) in [5, 5.41) is 12.9. The van der Waals surface area contributed by atoms with Crippen molar-refractivity contribution in [1.29, 1.82) is 0 Å². The largest absolute Gasteiger partial charge is 0.503 e. The highest BCUT2D eigenvalue weighted by atomic mass is 19.1. The van der Waals surface area contributed by atoms with Gasteiger partial charge in [-0.05, 0) is 19.4 Å². The summed E-state index contributed by atoms with van der Waals surface area (Å²) in [5.74, 6) is -3.60. The second-order valence-corrected chi connectivity index (χ2v) is 8.12. The van der Waals surface area contributed by atoms with Crippen LogP contribution in [-0.2, 0) is 17.8 Å². The van der Waals surface area contributed by atoms with E-state index in [1.54, 1.807) is 12.0 Å². The molecule has 2 heterocycles. The number of benzene rings is 1. The number of nitrogens with zero attached hydrogens (tertiary/aromatic N) is 2. The van der Waals surface area contributed by atoms with Crippen LogP contribution in [0.15, 0.2) is 29.2 Å². The SMILES string of the molecule is CCN1C(=O)c2c(O)c(=O)c(C(=O)NCc3ccc(F)cc3F)cn2C[C@@]12C[C@@H]2COC. The predicted molar refractivity (Wildman–Crippen MR) is 109 cm³/mol. The van der Waals surface area contributed by atoms with Crippen LogP contribution >= 0.6 is 0 Å². The number of amides is 2. The van der Waals surface area contributed by atoms with Gasteiger partial charge in [-0.25, -0.2) is 8.78 Å². The molecular weight excluding hydrogens is 424 g/mol. The normalized spacial score (nSPS) is 21.6. The molecule has 2 N–H and O–H groups in total. The molecule has 1 aromatic heterocycles. The first kappa shape index (κ1) is 21.9. The van der Waals surface area contributed by atoms with Crippen LogP contribution in [0.2, 0.25) is 0 Å². The van der Waals surface area contributed by atoms with Crippen LogP contribution in [0.5, 0.6) is 5.75 Å². The first-order chi connectivity index (χ1) is 15.2. The Hall–Kier alpha value is -3.27. The number of likely N-dealkylation sites (N-methyl/N-ethyl adjacent to an activating group) is 1. The van der Waals surface area contributed by atoms with E-state index in [0.29, 0.717) is 32.2 Å². The molecule has 170 valence electrons. The van der Waals surface area contributed by atoms with Crippen molar-refractivity contribution in [2.24, 2.45) is 5.92 Å². The Morgan fingerprint density at radius 1 is 1.34 bits per heavy atom. The van der Waals surface area contributed by atoms with Crippen LogP contribution in [0, 0.1) is 17.6 Å². The first-order valence-electron chi connectivity index (χ1n) is 10.2. The molecule has 1 fully saturated rings. The summed E-state index contributed by atoms with van der Waals surface area (Å²) in [4.78, 5) is 40.0. The molecule has 1 saturated carbocycles. The summed E-state index contributed by atoms with van der Waals surface area (Å²) >= 11 is 0. The molecule has 32 heavy (non-hydrogen) atoms. The van der Waals surface area contributed by atoms with Gasteiger partial charge in [-0.3, -0.25) is 14.4 Å². The third kappa shape index (κ3) is 3.44. The Kier molecular flexibility index (Phi) is 5.49. The Balaban J connectivity index is 1.64. The number of aromatic nitrogens is 1. The van der Waals surface area contributed by atoms with E-state index in [2.05, 4.69) is 5.32 Å². The van der Waals surface area contributed by atoms with Gasteiger partial charge >= 0.3 is 0 Å². The lowest BCUT2D eigenvalue weighted by Gasteiger charge is -2.39. The number of hydrogen-bond donors (Lipinski definition) is 2. The van der Waals surface area contributed by atoms with E-state index >= 15 is 0 Å². The highest BCUT2D eigenvalue weighted by Gasteiger charge is 2.62. The zero-order chi connectivity index (χ0) is 23.2. The molecule has 4 rings (SSSR count). The molecule has 2 amide bonds. The fourth-order valence-corrected chi connectivity index (χ4v) is 4.57. The van der Waals surface area contributed by atoms with Gasteiger partial charge in [0.05, 0.1) is 12.1 Å². The van der Waals surface area contributed by atoms with Crippen LogP contribution in [0.3, 0.4) is 0 Å². The lowest BCUT2D eigenvalue weighted by atomic mass is 10.0. The highest BCUT2D eigenvalue weighted by molar-refractivity contribution is 5.99. The second-order valence-electron chi connectivity index (χ2n) is 8.12. The zero-order valence-electron chi connectivity index (χ0n) is 17.7. The topological polar surface area (TPSA) is 101 Å². The molecule has 0 radical (unpaired) electrons. The number of fused-ring (bicyclic) bond motifs is 1. The molecular formula is C22H23F2N3O5. The molecule has 1 spiro atoms. The van der Waals surface area contributed by atoms with E-state index in [9.17, 15) is 28.3 Å². The van der Waals surface area contributed by atoms with Gasteiger partial charge in [0.2, 0.25) is 5.43 Å². The predicted octanol–water partition coefficient (Wildman–Crippen LogP) is 1.64. The monoisotopic (exact) mass is 447 g/mol. The van der Waals surface area contributed by atoms with Crippen molar-refractivity contribution in [3.05, 3.63) is 63.1 Å². The molecule has 1 aliphatic heterocycles. The van der Waals surface area contributed by atoms with E-state index in [1.165, 1.54) is 16.8 Å². The minimum Gasteiger partial charge on any atom is -0.503 e. The van der Waals surface area contributed by atoms with E-state index < -0.39 is 40.2 Å². The van der Waals surface area contributed by atoms with Gasteiger partial charge in [-0.2, -0.15) is 0 Å². The minimum atomic E-state index is -0.988. The summed E-state index contributed by atoms with van der Waals surface area (Å²) in [5.41, 5.74) is -1.98. The second kappa shape index (κ2) is 8.01. The highest BCUT2D eigenvalue weighted by Crippen LogP contribution is 2.52. The molecule has 1 aromatic carbocycles. The Morgan fingerprint density at radius 3 is 2.75 bits per heavy atom. The summed E-state index contributed by atoms with van der Waals surface area (Å²) in [7, 11) is 1.58. The lowest BCUT2D eigenvalue weighted by Crippen LogP contribution is -2.52. The fraction of sp³-hybridized carbons (Fsp3) is 0.409. The van der Waals surface area contributed by atoms with E-state index in [1.807, 2.05) is 6.92 Å². The standard InChI is InChI=1S/C22H23F2N3O5/c1-3-27-21(31)17-19(29)18(28)15(9-26(17)11-22(27)7-13(22)10-32-2)20(30)25-8-12-4-5-14(23)6-16(12)24/h4-6,9,13,29H,3,7-8,10-11H2,1-2H3,(H,25,30)/t13-,22-/m1/s1. The Labute approximate surface area is 182 Å². The van der Waals surface area contributed by atoms with Crippen LogP contribution in [0.4, 0.5) is 8.78 Å². The van der Waals surface area contributed by atoms with Crippen molar-refractivity contribution in [2.75, 3.05) is 20.3 Å². The fourth-order valence-electron chi connectivity index (χ4n) is 4.57. The van der Waals surface area contributed by atoms with Crippen LogP contribution < -0.4 is 10.7 Å². The Bertz CT molecular complexity index is 1160. The van der Waals surface area contributed by atoms with Crippen LogP contribution in [0.25, 0.3) is 0 Å². The smallest absolute Gasteiger partial charge is 0.275 e. The molecule has 2 aliphatic rings. The van der Waals surface area contributed by atoms with Gasteiger partial charge in [0.25, 0.3) is 11.8 Å². The Morgan fingerprint density at radius 2 is 2.09 bits per heavy atom. The third-order valence-corrected chi connectivity index (χ3v) is 6.27. The number of carbonyl (C=O) groups is 2. The molecule has 0 unspecified atom stereocenters. The average Bonchev–Trinajstić information content (AvgIpc) is 3.41. The van der Waals surface area contributed by atoms with Crippen molar-refractivity contribution in [3.8, 4) is 5.75 Å². The maximum Gasteiger partial charge on any atom is 0.275 e.